The highest BCUT2D eigenvalue weighted by atomic mass is 79.9. The number of carboxylic acids is 1. The van der Waals surface area contributed by atoms with Crippen molar-refractivity contribution in [3.8, 4) is 0 Å². The summed E-state index contributed by atoms with van der Waals surface area (Å²) in [6.07, 6.45) is 4.07. The van der Waals surface area contributed by atoms with E-state index in [1.807, 2.05) is 38.1 Å². The molecule has 0 aliphatic rings. The Labute approximate surface area is 133 Å². The normalized spacial score (nSPS) is 11.6. The molecule has 5 heteroatoms. The molecule has 0 radical (unpaired) electrons. The van der Waals surface area contributed by atoms with Gasteiger partial charge in [-0.2, -0.15) is 0 Å². The summed E-state index contributed by atoms with van der Waals surface area (Å²) >= 11 is 3.36. The third kappa shape index (κ3) is 5.01. The molecule has 21 heavy (non-hydrogen) atoms. The molecule has 1 amide bonds. The van der Waals surface area contributed by atoms with Crippen LogP contribution in [-0.4, -0.2) is 23.5 Å². The molecule has 1 aromatic rings. The summed E-state index contributed by atoms with van der Waals surface area (Å²) in [5.41, 5.74) is 0.00855. The van der Waals surface area contributed by atoms with E-state index in [4.69, 9.17) is 0 Å². The number of rotatable bonds is 7. The number of amides is 1. The first-order valence-corrected chi connectivity index (χ1v) is 7.67. The molecule has 0 bridgehead atoms. The van der Waals surface area contributed by atoms with E-state index in [1.165, 1.54) is 6.08 Å². The number of hydrogen-bond acceptors (Lipinski definition) is 2. The lowest BCUT2D eigenvalue weighted by Crippen LogP contribution is -2.41. The standard InChI is InChI=1S/C16H20BrNO3/c1-3-16(4-2,15(20)21)11-18-14(19)9-8-12-6-5-7-13(17)10-12/h5-10H,3-4,11H2,1-2H3,(H,18,19)(H,20,21)/b9-8+. The SMILES string of the molecule is CCC(CC)(CNC(=O)/C=C/c1cccc(Br)c1)C(=O)O. The lowest BCUT2D eigenvalue weighted by molar-refractivity contribution is -0.149. The number of halogens is 1. The highest BCUT2D eigenvalue weighted by Gasteiger charge is 2.34. The van der Waals surface area contributed by atoms with Crippen LogP contribution < -0.4 is 5.32 Å². The molecule has 1 aromatic carbocycles. The van der Waals surface area contributed by atoms with E-state index in [1.54, 1.807) is 6.08 Å². The van der Waals surface area contributed by atoms with Crippen molar-refractivity contribution in [2.24, 2.45) is 5.41 Å². The summed E-state index contributed by atoms with van der Waals surface area (Å²) in [7, 11) is 0. The Morgan fingerprint density at radius 2 is 2.00 bits per heavy atom. The van der Waals surface area contributed by atoms with Gasteiger partial charge >= 0.3 is 5.97 Å². The van der Waals surface area contributed by atoms with Gasteiger partial charge in [0.2, 0.25) is 5.91 Å². The Balaban J connectivity index is 2.63. The minimum atomic E-state index is -0.890. The molecule has 0 spiro atoms. The Bertz CT molecular complexity index is 536. The molecule has 0 saturated heterocycles. The molecule has 0 aromatic heterocycles. The lowest BCUT2D eigenvalue weighted by atomic mass is 9.82. The summed E-state index contributed by atoms with van der Waals surface area (Å²) in [6, 6.07) is 7.56. The first-order chi connectivity index (χ1) is 9.93. The second-order valence-electron chi connectivity index (χ2n) is 4.90. The van der Waals surface area contributed by atoms with Gasteiger partial charge in [0.15, 0.2) is 0 Å². The van der Waals surface area contributed by atoms with Crippen molar-refractivity contribution in [1.82, 2.24) is 5.32 Å². The van der Waals surface area contributed by atoms with Gasteiger partial charge in [-0.25, -0.2) is 0 Å². The van der Waals surface area contributed by atoms with Gasteiger partial charge in [-0.15, -0.1) is 0 Å². The van der Waals surface area contributed by atoms with Crippen LogP contribution in [0, 0.1) is 5.41 Å². The Kier molecular flexibility index (Phi) is 6.62. The third-order valence-corrected chi connectivity index (χ3v) is 4.18. The molecule has 0 unspecified atom stereocenters. The van der Waals surface area contributed by atoms with E-state index in [9.17, 15) is 14.7 Å². The largest absolute Gasteiger partial charge is 0.481 e. The molecule has 0 fully saturated rings. The van der Waals surface area contributed by atoms with E-state index in [2.05, 4.69) is 21.2 Å². The molecule has 0 heterocycles. The fourth-order valence-electron chi connectivity index (χ4n) is 1.98. The highest BCUT2D eigenvalue weighted by molar-refractivity contribution is 9.10. The van der Waals surface area contributed by atoms with Crippen molar-refractivity contribution in [3.63, 3.8) is 0 Å². The zero-order valence-corrected chi connectivity index (χ0v) is 13.8. The molecule has 2 N–H and O–H groups in total. The molecular weight excluding hydrogens is 334 g/mol. The molecule has 1 rings (SSSR count). The third-order valence-electron chi connectivity index (χ3n) is 3.68. The average molecular weight is 354 g/mol. The van der Waals surface area contributed by atoms with Crippen molar-refractivity contribution in [1.29, 1.82) is 0 Å². The smallest absolute Gasteiger partial charge is 0.311 e. The van der Waals surface area contributed by atoms with Crippen molar-refractivity contribution in [2.45, 2.75) is 26.7 Å². The van der Waals surface area contributed by atoms with Crippen LogP contribution in [0.3, 0.4) is 0 Å². The zero-order valence-electron chi connectivity index (χ0n) is 12.2. The quantitative estimate of drug-likeness (QED) is 0.737. The number of benzene rings is 1. The number of aliphatic carboxylic acids is 1. The van der Waals surface area contributed by atoms with E-state index < -0.39 is 11.4 Å². The minimum absolute atomic E-state index is 0.136. The second-order valence-corrected chi connectivity index (χ2v) is 5.81. The van der Waals surface area contributed by atoms with E-state index >= 15 is 0 Å². The van der Waals surface area contributed by atoms with Crippen LogP contribution in [-0.2, 0) is 9.59 Å². The predicted molar refractivity (Wildman–Crippen MR) is 86.8 cm³/mol. The van der Waals surface area contributed by atoms with E-state index in [-0.39, 0.29) is 12.5 Å². The van der Waals surface area contributed by atoms with Crippen LogP contribution in [0.1, 0.15) is 32.3 Å². The summed E-state index contributed by atoms with van der Waals surface area (Å²) in [6.45, 7) is 3.78. The molecular formula is C16H20BrNO3. The van der Waals surface area contributed by atoms with Crippen LogP contribution in [0.25, 0.3) is 6.08 Å². The highest BCUT2D eigenvalue weighted by Crippen LogP contribution is 2.25. The topological polar surface area (TPSA) is 66.4 Å². The van der Waals surface area contributed by atoms with Gasteiger partial charge in [0.25, 0.3) is 0 Å². The van der Waals surface area contributed by atoms with Crippen LogP contribution in [0.4, 0.5) is 0 Å². The fraction of sp³-hybridized carbons (Fsp3) is 0.375. The summed E-state index contributed by atoms with van der Waals surface area (Å²) < 4.78 is 0.937. The molecule has 114 valence electrons. The van der Waals surface area contributed by atoms with Crippen molar-refractivity contribution >= 4 is 33.9 Å². The molecule has 0 aliphatic heterocycles. The fourth-order valence-corrected chi connectivity index (χ4v) is 2.39. The second kappa shape index (κ2) is 7.98. The minimum Gasteiger partial charge on any atom is -0.481 e. The molecule has 4 nitrogen and oxygen atoms in total. The van der Waals surface area contributed by atoms with Gasteiger partial charge in [-0.3, -0.25) is 9.59 Å². The number of carbonyl (C=O) groups is 2. The maximum absolute atomic E-state index is 11.8. The van der Waals surface area contributed by atoms with Gasteiger partial charge in [-0.1, -0.05) is 41.9 Å². The maximum Gasteiger partial charge on any atom is 0.311 e. The number of nitrogens with one attached hydrogen (secondary N) is 1. The summed E-state index contributed by atoms with van der Waals surface area (Å²) in [4.78, 5) is 23.1. The first-order valence-electron chi connectivity index (χ1n) is 6.88. The summed E-state index contributed by atoms with van der Waals surface area (Å²) in [5.74, 6) is -1.16. The van der Waals surface area contributed by atoms with Crippen LogP contribution in [0.15, 0.2) is 34.8 Å². The maximum atomic E-state index is 11.8. The van der Waals surface area contributed by atoms with Gasteiger partial charge in [0.05, 0.1) is 5.41 Å². The number of hydrogen-bond donors (Lipinski definition) is 2. The zero-order chi connectivity index (χ0) is 15.9. The Morgan fingerprint density at radius 1 is 1.33 bits per heavy atom. The van der Waals surface area contributed by atoms with Crippen LogP contribution in [0.2, 0.25) is 0 Å². The number of carbonyl (C=O) groups excluding carboxylic acids is 1. The molecule has 0 aliphatic carbocycles. The van der Waals surface area contributed by atoms with Gasteiger partial charge in [-0.05, 0) is 36.6 Å². The molecule has 0 atom stereocenters. The summed E-state index contributed by atoms with van der Waals surface area (Å²) in [5, 5.41) is 12.0. The monoisotopic (exact) mass is 353 g/mol. The Morgan fingerprint density at radius 3 is 2.52 bits per heavy atom. The van der Waals surface area contributed by atoms with Crippen molar-refractivity contribution in [2.75, 3.05) is 6.54 Å². The Hall–Kier alpha value is -1.62. The van der Waals surface area contributed by atoms with Crippen molar-refractivity contribution in [3.05, 3.63) is 40.4 Å². The average Bonchev–Trinajstić information content (AvgIpc) is 2.46. The lowest BCUT2D eigenvalue weighted by Gasteiger charge is -2.26. The van der Waals surface area contributed by atoms with Gasteiger partial charge < -0.3 is 10.4 Å². The van der Waals surface area contributed by atoms with E-state index in [0.29, 0.717) is 12.8 Å². The van der Waals surface area contributed by atoms with Crippen LogP contribution >= 0.6 is 15.9 Å². The van der Waals surface area contributed by atoms with Crippen molar-refractivity contribution < 1.29 is 14.7 Å². The molecule has 0 saturated carbocycles. The first kappa shape index (κ1) is 17.4. The van der Waals surface area contributed by atoms with E-state index in [0.717, 1.165) is 10.0 Å². The van der Waals surface area contributed by atoms with Gasteiger partial charge in [0.1, 0.15) is 0 Å². The van der Waals surface area contributed by atoms with Gasteiger partial charge in [0, 0.05) is 17.1 Å². The number of carboxylic acid groups (broad SMARTS) is 1. The van der Waals surface area contributed by atoms with Crippen LogP contribution in [0.5, 0.6) is 0 Å². The predicted octanol–water partition coefficient (Wildman–Crippen LogP) is 3.47.